The Morgan fingerprint density at radius 3 is 3.00 bits per heavy atom. The third kappa shape index (κ3) is 4.33. The maximum Gasteiger partial charge on any atom is 0.313 e. The molecule has 1 aromatic carbocycles. The second kappa shape index (κ2) is 7.24. The van der Waals surface area contributed by atoms with Crippen LogP contribution in [0.2, 0.25) is 5.02 Å². The summed E-state index contributed by atoms with van der Waals surface area (Å²) in [5.41, 5.74) is 1.05. The highest BCUT2D eigenvalue weighted by Crippen LogP contribution is 2.37. The summed E-state index contributed by atoms with van der Waals surface area (Å²) >= 11 is 8.86. The average Bonchev–Trinajstić information content (AvgIpc) is 2.39. The van der Waals surface area contributed by atoms with Gasteiger partial charge < -0.3 is 10.4 Å². The molecular weight excluding hydrogens is 318 g/mol. The van der Waals surface area contributed by atoms with E-state index in [1.54, 1.807) is 11.8 Å². The summed E-state index contributed by atoms with van der Waals surface area (Å²) in [5.74, 6) is -0.00241. The topological polar surface area (TPSA) is 66.4 Å². The Morgan fingerprint density at radius 1 is 1.45 bits per heavy atom. The van der Waals surface area contributed by atoms with Crippen molar-refractivity contribution in [2.45, 2.75) is 17.4 Å². The number of rotatable bonds is 5. The summed E-state index contributed by atoms with van der Waals surface area (Å²) in [6.45, 7) is 0. The molecule has 0 spiro atoms. The van der Waals surface area contributed by atoms with E-state index in [-0.39, 0.29) is 23.5 Å². The lowest BCUT2D eigenvalue weighted by Crippen LogP contribution is -2.32. The monoisotopic (exact) mass is 331 g/mol. The number of carbonyl (C=O) groups excluding carboxylic acids is 1. The van der Waals surface area contributed by atoms with E-state index in [2.05, 4.69) is 5.32 Å². The number of thioether (sulfide) groups is 2. The van der Waals surface area contributed by atoms with Crippen LogP contribution >= 0.6 is 35.1 Å². The van der Waals surface area contributed by atoms with Gasteiger partial charge in [-0.1, -0.05) is 11.6 Å². The number of carbonyl (C=O) groups is 2. The minimum atomic E-state index is -0.908. The second-order valence-electron chi connectivity index (χ2n) is 4.33. The van der Waals surface area contributed by atoms with Crippen molar-refractivity contribution in [2.75, 3.05) is 17.3 Å². The molecule has 0 aliphatic carbocycles. The molecule has 1 aromatic rings. The molecule has 108 valence electrons. The number of amides is 1. The van der Waals surface area contributed by atoms with E-state index in [1.165, 1.54) is 0 Å². The molecule has 2 N–H and O–H groups in total. The third-order valence-corrected chi connectivity index (χ3v) is 5.08. The molecule has 7 heteroatoms. The average molecular weight is 332 g/mol. The van der Waals surface area contributed by atoms with Crippen LogP contribution < -0.4 is 5.32 Å². The van der Waals surface area contributed by atoms with E-state index in [9.17, 15) is 9.59 Å². The summed E-state index contributed by atoms with van der Waals surface area (Å²) in [6.07, 6.45) is 0.855. The molecule has 1 unspecified atom stereocenters. The summed E-state index contributed by atoms with van der Waals surface area (Å²) in [7, 11) is 0. The van der Waals surface area contributed by atoms with E-state index in [4.69, 9.17) is 16.7 Å². The van der Waals surface area contributed by atoms with Gasteiger partial charge >= 0.3 is 5.97 Å². The van der Waals surface area contributed by atoms with Gasteiger partial charge in [0, 0.05) is 15.7 Å². The van der Waals surface area contributed by atoms with Gasteiger partial charge in [-0.05, 0) is 30.2 Å². The number of benzene rings is 1. The normalized spacial score (nSPS) is 17.4. The molecule has 1 amide bonds. The first kappa shape index (κ1) is 15.5. The van der Waals surface area contributed by atoms with Crippen LogP contribution in [0.4, 0.5) is 0 Å². The predicted octanol–water partition coefficient (Wildman–Crippen LogP) is 2.81. The number of hydrogen-bond acceptors (Lipinski definition) is 4. The molecule has 1 aliphatic heterocycles. The van der Waals surface area contributed by atoms with Crippen LogP contribution in [0.5, 0.6) is 0 Å². The van der Waals surface area contributed by atoms with Gasteiger partial charge in [-0.3, -0.25) is 9.59 Å². The number of hydrogen-bond donors (Lipinski definition) is 2. The highest BCUT2D eigenvalue weighted by Gasteiger charge is 2.22. The Labute approximate surface area is 130 Å². The van der Waals surface area contributed by atoms with Gasteiger partial charge in [0.05, 0.1) is 17.5 Å². The number of carboxylic acid groups (broad SMARTS) is 1. The number of fused-ring (bicyclic) bond motifs is 1. The van der Waals surface area contributed by atoms with Crippen LogP contribution in [-0.2, 0) is 9.59 Å². The SMILES string of the molecule is O=C(O)CSCC(=O)NC1CCSc2ccc(Cl)cc21. The Morgan fingerprint density at radius 2 is 2.25 bits per heavy atom. The molecule has 0 fully saturated rings. The van der Waals surface area contributed by atoms with E-state index in [1.807, 2.05) is 18.2 Å². The Kier molecular flexibility index (Phi) is 5.63. The number of nitrogens with one attached hydrogen (secondary N) is 1. The lowest BCUT2D eigenvalue weighted by Gasteiger charge is -2.26. The number of carboxylic acids is 1. The molecule has 0 saturated carbocycles. The molecule has 0 radical (unpaired) electrons. The van der Waals surface area contributed by atoms with Crippen molar-refractivity contribution in [3.8, 4) is 0 Å². The summed E-state index contributed by atoms with van der Waals surface area (Å²) < 4.78 is 0. The van der Waals surface area contributed by atoms with Crippen LogP contribution in [0.3, 0.4) is 0 Å². The highest BCUT2D eigenvalue weighted by molar-refractivity contribution is 8.00. The van der Waals surface area contributed by atoms with Gasteiger partial charge in [0.2, 0.25) is 5.91 Å². The fourth-order valence-corrected chi connectivity index (χ4v) is 3.81. The molecule has 1 atom stereocenters. The zero-order valence-electron chi connectivity index (χ0n) is 10.6. The van der Waals surface area contributed by atoms with Crippen molar-refractivity contribution >= 4 is 47.0 Å². The van der Waals surface area contributed by atoms with Crippen molar-refractivity contribution in [3.05, 3.63) is 28.8 Å². The first-order valence-corrected chi connectivity index (χ1v) is 8.59. The van der Waals surface area contributed by atoms with Crippen LogP contribution in [0.15, 0.2) is 23.1 Å². The van der Waals surface area contributed by atoms with E-state index in [0.717, 1.165) is 34.4 Å². The molecular formula is C13H14ClNO3S2. The van der Waals surface area contributed by atoms with Crippen molar-refractivity contribution in [1.29, 1.82) is 0 Å². The molecule has 20 heavy (non-hydrogen) atoms. The minimum Gasteiger partial charge on any atom is -0.481 e. The van der Waals surface area contributed by atoms with Crippen molar-refractivity contribution in [3.63, 3.8) is 0 Å². The zero-order valence-corrected chi connectivity index (χ0v) is 13.0. The van der Waals surface area contributed by atoms with Crippen LogP contribution in [0, 0.1) is 0 Å². The van der Waals surface area contributed by atoms with E-state index < -0.39 is 5.97 Å². The molecule has 0 aromatic heterocycles. The molecule has 1 heterocycles. The standard InChI is InChI=1S/C13H14ClNO3S2/c14-8-1-2-11-9(5-8)10(3-4-20-11)15-12(16)6-19-7-13(17)18/h1-2,5,10H,3-4,6-7H2,(H,15,16)(H,17,18). The zero-order chi connectivity index (χ0) is 14.5. The number of halogens is 1. The maximum atomic E-state index is 11.8. The first-order valence-electron chi connectivity index (χ1n) is 6.07. The predicted molar refractivity (Wildman–Crippen MR) is 82.6 cm³/mol. The quantitative estimate of drug-likeness (QED) is 0.868. The lowest BCUT2D eigenvalue weighted by molar-refractivity contribution is -0.133. The van der Waals surface area contributed by atoms with Crippen molar-refractivity contribution < 1.29 is 14.7 Å². The molecule has 0 bridgehead atoms. The van der Waals surface area contributed by atoms with Gasteiger partial charge in [0.25, 0.3) is 0 Å². The van der Waals surface area contributed by atoms with Crippen LogP contribution in [0.1, 0.15) is 18.0 Å². The second-order valence-corrected chi connectivity index (χ2v) is 6.88. The van der Waals surface area contributed by atoms with Gasteiger partial charge in [0.1, 0.15) is 0 Å². The van der Waals surface area contributed by atoms with Crippen LogP contribution in [-0.4, -0.2) is 34.2 Å². The Balaban J connectivity index is 1.96. The molecule has 1 aliphatic rings. The summed E-state index contributed by atoms with van der Waals surface area (Å²) in [4.78, 5) is 23.4. The Hall–Kier alpha value is -0.850. The van der Waals surface area contributed by atoms with E-state index >= 15 is 0 Å². The van der Waals surface area contributed by atoms with Gasteiger partial charge in [-0.15, -0.1) is 23.5 Å². The van der Waals surface area contributed by atoms with Gasteiger partial charge in [-0.25, -0.2) is 0 Å². The van der Waals surface area contributed by atoms with Gasteiger partial charge in [0.15, 0.2) is 0 Å². The number of aliphatic carboxylic acids is 1. The van der Waals surface area contributed by atoms with Crippen LogP contribution in [0.25, 0.3) is 0 Å². The fraction of sp³-hybridized carbons (Fsp3) is 0.385. The van der Waals surface area contributed by atoms with Crippen molar-refractivity contribution in [2.24, 2.45) is 0 Å². The summed E-state index contributed by atoms with van der Waals surface area (Å²) in [5, 5.41) is 12.1. The molecule has 0 saturated heterocycles. The molecule has 4 nitrogen and oxygen atoms in total. The maximum absolute atomic E-state index is 11.8. The minimum absolute atomic E-state index is 0.0390. The summed E-state index contributed by atoms with van der Waals surface area (Å²) in [6, 6.07) is 5.67. The molecule has 2 rings (SSSR count). The first-order chi connectivity index (χ1) is 9.56. The largest absolute Gasteiger partial charge is 0.481 e. The van der Waals surface area contributed by atoms with E-state index in [0.29, 0.717) is 5.02 Å². The smallest absolute Gasteiger partial charge is 0.313 e. The van der Waals surface area contributed by atoms with Gasteiger partial charge in [-0.2, -0.15) is 0 Å². The fourth-order valence-electron chi connectivity index (χ4n) is 1.98. The van der Waals surface area contributed by atoms with Crippen molar-refractivity contribution in [1.82, 2.24) is 5.32 Å². The highest BCUT2D eigenvalue weighted by atomic mass is 35.5. The lowest BCUT2D eigenvalue weighted by atomic mass is 10.0. The Bertz CT molecular complexity index is 524. The third-order valence-electron chi connectivity index (χ3n) is 2.81.